The van der Waals surface area contributed by atoms with Crippen molar-refractivity contribution in [3.63, 3.8) is 0 Å². The van der Waals surface area contributed by atoms with Crippen LogP contribution in [0.1, 0.15) is 5.82 Å². The van der Waals surface area contributed by atoms with Gasteiger partial charge in [-0.15, -0.1) is 10.2 Å². The largest absolute Gasteiger partial charge is 0.467 e. The van der Waals surface area contributed by atoms with Crippen LogP contribution < -0.4 is 10.1 Å². The lowest BCUT2D eigenvalue weighted by atomic mass is 10.5. The number of hydrogen-bond acceptors (Lipinski definition) is 7. The van der Waals surface area contributed by atoms with Crippen molar-refractivity contribution in [1.29, 1.82) is 0 Å². The number of aromatic nitrogens is 6. The maximum absolute atomic E-state index is 5.89. The summed E-state index contributed by atoms with van der Waals surface area (Å²) in [5.41, 5.74) is 0. The van der Waals surface area contributed by atoms with Gasteiger partial charge in [0, 0.05) is 0 Å². The Balaban J connectivity index is 2.08. The van der Waals surface area contributed by atoms with E-state index in [9.17, 15) is 0 Å². The summed E-state index contributed by atoms with van der Waals surface area (Å²) in [5.74, 6) is 0.965. The minimum absolute atomic E-state index is 0.236. The third kappa shape index (κ3) is 2.34. The molecular weight excluding hydrogens is 234 g/mol. The fourth-order valence-corrected chi connectivity index (χ4v) is 1.15. The summed E-state index contributed by atoms with van der Waals surface area (Å²) in [5, 5.41) is 16.7. The van der Waals surface area contributed by atoms with Gasteiger partial charge in [0.25, 0.3) is 0 Å². The Morgan fingerprint density at radius 1 is 1.56 bits per heavy atom. The van der Waals surface area contributed by atoms with Crippen molar-refractivity contribution in [3.8, 4) is 6.01 Å². The molecule has 2 aromatic heterocycles. The monoisotopic (exact) mass is 241 g/mol. The van der Waals surface area contributed by atoms with Crippen LogP contribution >= 0.6 is 11.6 Å². The first-order valence-electron chi connectivity index (χ1n) is 4.32. The Kier molecular flexibility index (Phi) is 3.10. The minimum atomic E-state index is 0.236. The maximum atomic E-state index is 5.89. The first-order valence-corrected chi connectivity index (χ1v) is 4.70. The van der Waals surface area contributed by atoms with Crippen LogP contribution in [0.25, 0.3) is 0 Å². The van der Waals surface area contributed by atoms with E-state index in [2.05, 4.69) is 35.9 Å². The molecule has 0 aliphatic carbocycles. The van der Waals surface area contributed by atoms with Crippen molar-refractivity contribution in [1.82, 2.24) is 30.6 Å². The first-order chi connectivity index (χ1) is 7.79. The molecule has 0 aromatic carbocycles. The molecule has 0 saturated carbocycles. The van der Waals surface area contributed by atoms with Gasteiger partial charge in [0.15, 0.2) is 11.6 Å². The number of H-pyrrole nitrogens is 1. The average molecular weight is 242 g/mol. The highest BCUT2D eigenvalue weighted by molar-refractivity contribution is 6.32. The number of anilines is 1. The Morgan fingerprint density at radius 3 is 3.12 bits per heavy atom. The summed E-state index contributed by atoms with van der Waals surface area (Å²) in [6, 6.07) is 0.236. The van der Waals surface area contributed by atoms with Crippen LogP contribution in [0.4, 0.5) is 5.82 Å². The van der Waals surface area contributed by atoms with Crippen molar-refractivity contribution < 1.29 is 4.74 Å². The Bertz CT molecular complexity index is 460. The van der Waals surface area contributed by atoms with Crippen LogP contribution in [0.3, 0.4) is 0 Å². The van der Waals surface area contributed by atoms with Gasteiger partial charge in [-0.25, -0.2) is 4.98 Å². The second-order valence-electron chi connectivity index (χ2n) is 2.73. The van der Waals surface area contributed by atoms with Crippen LogP contribution in [-0.2, 0) is 6.54 Å². The number of nitrogens with zero attached hydrogens (tertiary/aromatic N) is 5. The number of methoxy groups -OCH3 is 1. The smallest absolute Gasteiger partial charge is 0.318 e. The molecule has 0 spiro atoms. The van der Waals surface area contributed by atoms with Crippen LogP contribution in [0.2, 0.25) is 5.02 Å². The molecule has 0 aliphatic heterocycles. The second kappa shape index (κ2) is 4.71. The molecule has 9 heteroatoms. The average Bonchev–Trinajstić information content (AvgIpc) is 2.81. The van der Waals surface area contributed by atoms with Crippen molar-refractivity contribution >= 4 is 17.4 Å². The quantitative estimate of drug-likeness (QED) is 0.792. The number of hydrogen-bond donors (Lipinski definition) is 2. The summed E-state index contributed by atoms with van der Waals surface area (Å²) in [6.07, 6.45) is 1.45. The topological polar surface area (TPSA) is 102 Å². The molecule has 0 radical (unpaired) electrons. The molecule has 2 aromatic rings. The zero-order chi connectivity index (χ0) is 11.4. The predicted molar refractivity (Wildman–Crippen MR) is 55.1 cm³/mol. The molecule has 0 atom stereocenters. The molecule has 2 rings (SSSR count). The van der Waals surface area contributed by atoms with Gasteiger partial charge in [0.1, 0.15) is 5.02 Å². The lowest BCUT2D eigenvalue weighted by molar-refractivity contribution is 0.380. The van der Waals surface area contributed by atoms with E-state index in [1.165, 1.54) is 13.3 Å². The molecule has 8 nitrogen and oxygen atoms in total. The lowest BCUT2D eigenvalue weighted by Crippen LogP contribution is -2.05. The van der Waals surface area contributed by atoms with E-state index in [4.69, 9.17) is 16.3 Å². The molecule has 0 unspecified atom stereocenters. The molecule has 2 N–H and O–H groups in total. The van der Waals surface area contributed by atoms with E-state index >= 15 is 0 Å². The number of aromatic amines is 1. The van der Waals surface area contributed by atoms with Crippen molar-refractivity contribution in [3.05, 3.63) is 17.0 Å². The molecule has 16 heavy (non-hydrogen) atoms. The highest BCUT2D eigenvalue weighted by atomic mass is 35.5. The van der Waals surface area contributed by atoms with Gasteiger partial charge in [0.2, 0.25) is 0 Å². The molecule has 0 bridgehead atoms. The normalized spacial score (nSPS) is 10.1. The van der Waals surface area contributed by atoms with Crippen molar-refractivity contribution in [2.45, 2.75) is 6.54 Å². The molecule has 2 heterocycles. The van der Waals surface area contributed by atoms with E-state index in [1.54, 1.807) is 0 Å². The number of ether oxygens (including phenoxy) is 1. The Labute approximate surface area is 95.4 Å². The Morgan fingerprint density at radius 2 is 2.44 bits per heavy atom. The van der Waals surface area contributed by atoms with Gasteiger partial charge in [-0.2, -0.15) is 10.2 Å². The third-order valence-electron chi connectivity index (χ3n) is 1.71. The molecule has 0 aliphatic rings. The number of rotatable bonds is 4. The molecule has 0 saturated heterocycles. The van der Waals surface area contributed by atoms with E-state index < -0.39 is 0 Å². The molecular formula is C7H8ClN7O. The SMILES string of the molecule is COc1ncc(Cl)c(NCc2nn[nH]n2)n1. The van der Waals surface area contributed by atoms with Crippen LogP contribution in [0, 0.1) is 0 Å². The van der Waals surface area contributed by atoms with E-state index in [1.807, 2.05) is 0 Å². The van der Waals surface area contributed by atoms with Gasteiger partial charge in [-0.3, -0.25) is 0 Å². The van der Waals surface area contributed by atoms with E-state index in [0.717, 1.165) is 0 Å². The summed E-state index contributed by atoms with van der Waals surface area (Å²) < 4.78 is 4.88. The summed E-state index contributed by atoms with van der Waals surface area (Å²) >= 11 is 5.89. The van der Waals surface area contributed by atoms with Crippen LogP contribution in [0.5, 0.6) is 6.01 Å². The number of tetrazole rings is 1. The maximum Gasteiger partial charge on any atom is 0.318 e. The van der Waals surface area contributed by atoms with Gasteiger partial charge < -0.3 is 10.1 Å². The number of halogens is 1. The zero-order valence-electron chi connectivity index (χ0n) is 8.31. The highest BCUT2D eigenvalue weighted by Crippen LogP contribution is 2.20. The zero-order valence-corrected chi connectivity index (χ0v) is 9.06. The molecule has 84 valence electrons. The van der Waals surface area contributed by atoms with E-state index in [-0.39, 0.29) is 6.01 Å². The second-order valence-corrected chi connectivity index (χ2v) is 3.14. The predicted octanol–water partition coefficient (Wildman–Crippen LogP) is 0.264. The van der Waals surface area contributed by atoms with Gasteiger partial charge >= 0.3 is 6.01 Å². The standard InChI is InChI=1S/C7H8ClN7O/c1-16-7-10-2-4(8)6(11-7)9-3-5-12-14-15-13-5/h2H,3H2,1H3,(H,9,10,11)(H,12,13,14,15). The summed E-state index contributed by atoms with van der Waals surface area (Å²) in [6.45, 7) is 0.358. The number of nitrogens with one attached hydrogen (secondary N) is 2. The lowest BCUT2D eigenvalue weighted by Gasteiger charge is -2.05. The molecule has 0 fully saturated rings. The fraction of sp³-hybridized carbons (Fsp3) is 0.286. The first kappa shape index (κ1) is 10.6. The fourth-order valence-electron chi connectivity index (χ4n) is 0.993. The van der Waals surface area contributed by atoms with Crippen LogP contribution in [-0.4, -0.2) is 37.7 Å². The Hall–Kier alpha value is -1.96. The van der Waals surface area contributed by atoms with Gasteiger partial charge in [-0.05, 0) is 0 Å². The van der Waals surface area contributed by atoms with Gasteiger partial charge in [-0.1, -0.05) is 16.8 Å². The van der Waals surface area contributed by atoms with Crippen LogP contribution in [0.15, 0.2) is 6.20 Å². The minimum Gasteiger partial charge on any atom is -0.467 e. The van der Waals surface area contributed by atoms with Crippen molar-refractivity contribution in [2.24, 2.45) is 0 Å². The summed E-state index contributed by atoms with van der Waals surface area (Å²) in [4.78, 5) is 7.88. The summed E-state index contributed by atoms with van der Waals surface area (Å²) in [7, 11) is 1.48. The van der Waals surface area contributed by atoms with Gasteiger partial charge in [0.05, 0.1) is 19.9 Å². The van der Waals surface area contributed by atoms with E-state index in [0.29, 0.717) is 23.2 Å². The highest BCUT2D eigenvalue weighted by Gasteiger charge is 2.06. The molecule has 0 amide bonds. The third-order valence-corrected chi connectivity index (χ3v) is 1.98. The van der Waals surface area contributed by atoms with Crippen molar-refractivity contribution in [2.75, 3.05) is 12.4 Å².